The smallest absolute Gasteiger partial charge is 0.303 e. The molecule has 1 aromatic carbocycles. The van der Waals surface area contributed by atoms with Crippen LogP contribution in [-0.2, 0) is 10.2 Å². The second kappa shape index (κ2) is 5.37. The van der Waals surface area contributed by atoms with Crippen LogP contribution in [0.1, 0.15) is 13.3 Å². The van der Waals surface area contributed by atoms with Gasteiger partial charge in [0, 0.05) is 20.6 Å². The van der Waals surface area contributed by atoms with Crippen molar-refractivity contribution in [1.82, 2.24) is 4.31 Å². The minimum atomic E-state index is -3.49. The Morgan fingerprint density at radius 3 is 2.29 bits per heavy atom. The summed E-state index contributed by atoms with van der Waals surface area (Å²) < 4.78 is 26.9. The Kier molecular flexibility index (Phi) is 4.36. The van der Waals surface area contributed by atoms with Crippen LogP contribution < -0.4 is 10.0 Å². The summed E-state index contributed by atoms with van der Waals surface area (Å²) in [5.74, 6) is 0. The van der Waals surface area contributed by atoms with E-state index >= 15 is 0 Å². The fourth-order valence-corrected chi connectivity index (χ4v) is 2.70. The van der Waals surface area contributed by atoms with E-state index in [2.05, 4.69) is 0 Å². The Morgan fingerprint density at radius 2 is 1.82 bits per heavy atom. The van der Waals surface area contributed by atoms with Crippen LogP contribution >= 0.6 is 0 Å². The number of benzene rings is 1. The zero-order valence-electron chi connectivity index (χ0n) is 10.4. The number of nitrogens with zero attached hydrogens (tertiary/aromatic N) is 2. The number of hydrogen-bond donors (Lipinski definition) is 1. The number of hydrogen-bond acceptors (Lipinski definition) is 3. The maximum atomic E-state index is 12.2. The standard InChI is InChI=1S/C11H19N3O2S/c1-4-9-14(17(15,16)13(2)3)11-8-6-5-7-10(11)12/h5-8H,4,9,12H2,1-3H3. The molecule has 0 aliphatic carbocycles. The normalized spacial score (nSPS) is 11.8. The first-order valence-electron chi connectivity index (χ1n) is 5.46. The lowest BCUT2D eigenvalue weighted by Crippen LogP contribution is -2.40. The highest BCUT2D eigenvalue weighted by Crippen LogP contribution is 2.26. The van der Waals surface area contributed by atoms with Gasteiger partial charge in [0.1, 0.15) is 0 Å². The van der Waals surface area contributed by atoms with Gasteiger partial charge in [-0.15, -0.1) is 0 Å². The molecule has 0 fully saturated rings. The highest BCUT2D eigenvalue weighted by molar-refractivity contribution is 7.90. The number of rotatable bonds is 5. The molecule has 0 amide bonds. The Morgan fingerprint density at radius 1 is 1.24 bits per heavy atom. The first-order chi connectivity index (χ1) is 7.91. The van der Waals surface area contributed by atoms with Gasteiger partial charge in [-0.3, -0.25) is 4.31 Å². The monoisotopic (exact) mass is 257 g/mol. The molecule has 17 heavy (non-hydrogen) atoms. The van der Waals surface area contributed by atoms with Crippen molar-refractivity contribution in [2.45, 2.75) is 13.3 Å². The van der Waals surface area contributed by atoms with E-state index in [-0.39, 0.29) is 0 Å². The molecule has 0 saturated heterocycles. The molecular weight excluding hydrogens is 238 g/mol. The second-order valence-electron chi connectivity index (χ2n) is 3.92. The SMILES string of the molecule is CCCN(c1ccccc1N)S(=O)(=O)N(C)C. The fourth-order valence-electron chi connectivity index (χ4n) is 1.47. The molecule has 1 rings (SSSR count). The number of nitrogen functional groups attached to an aromatic ring is 1. The Bertz CT molecular complexity index is 471. The van der Waals surface area contributed by atoms with Crippen molar-refractivity contribution in [1.29, 1.82) is 0 Å². The predicted octanol–water partition coefficient (Wildman–Crippen LogP) is 1.29. The Balaban J connectivity index is 3.24. The molecule has 6 heteroatoms. The van der Waals surface area contributed by atoms with Gasteiger partial charge >= 0.3 is 10.2 Å². The second-order valence-corrected chi connectivity index (χ2v) is 5.99. The molecule has 0 spiro atoms. The summed E-state index contributed by atoms with van der Waals surface area (Å²) in [5, 5.41) is 0. The highest BCUT2D eigenvalue weighted by Gasteiger charge is 2.25. The summed E-state index contributed by atoms with van der Waals surface area (Å²) >= 11 is 0. The molecule has 0 aromatic heterocycles. The first kappa shape index (κ1) is 13.8. The molecule has 0 saturated carbocycles. The number of anilines is 2. The Hall–Kier alpha value is -1.27. The average Bonchev–Trinajstić information content (AvgIpc) is 2.26. The number of nitrogens with two attached hydrogens (primary N) is 1. The van der Waals surface area contributed by atoms with Gasteiger partial charge in [-0.05, 0) is 18.6 Å². The molecule has 1 aromatic rings. The van der Waals surface area contributed by atoms with Crippen LogP contribution in [0.5, 0.6) is 0 Å². The molecule has 0 bridgehead atoms. The third kappa shape index (κ3) is 2.89. The lowest BCUT2D eigenvalue weighted by Gasteiger charge is -2.27. The van der Waals surface area contributed by atoms with Crippen molar-refractivity contribution in [3.63, 3.8) is 0 Å². The van der Waals surface area contributed by atoms with Crippen molar-refractivity contribution in [2.24, 2.45) is 0 Å². The minimum Gasteiger partial charge on any atom is -0.397 e. The Labute approximate surface area is 103 Å². The molecule has 0 unspecified atom stereocenters. The van der Waals surface area contributed by atoms with Crippen molar-refractivity contribution < 1.29 is 8.42 Å². The van der Waals surface area contributed by atoms with Gasteiger partial charge in [0.15, 0.2) is 0 Å². The molecule has 0 radical (unpaired) electrons. The van der Waals surface area contributed by atoms with Crippen LogP contribution in [0.3, 0.4) is 0 Å². The third-order valence-electron chi connectivity index (χ3n) is 2.37. The van der Waals surface area contributed by atoms with Gasteiger partial charge < -0.3 is 5.73 Å². The summed E-state index contributed by atoms with van der Waals surface area (Å²) in [6.45, 7) is 2.34. The van der Waals surface area contributed by atoms with Crippen LogP contribution in [0.4, 0.5) is 11.4 Å². The molecule has 96 valence electrons. The predicted molar refractivity (Wildman–Crippen MR) is 71.1 cm³/mol. The summed E-state index contributed by atoms with van der Waals surface area (Å²) in [6.07, 6.45) is 0.724. The van der Waals surface area contributed by atoms with E-state index in [4.69, 9.17) is 5.73 Å². The largest absolute Gasteiger partial charge is 0.397 e. The van der Waals surface area contributed by atoms with E-state index in [1.807, 2.05) is 6.92 Å². The van der Waals surface area contributed by atoms with Crippen molar-refractivity contribution in [3.8, 4) is 0 Å². The highest BCUT2D eigenvalue weighted by atomic mass is 32.2. The average molecular weight is 257 g/mol. The maximum absolute atomic E-state index is 12.2. The quantitative estimate of drug-likeness (QED) is 0.808. The van der Waals surface area contributed by atoms with E-state index < -0.39 is 10.2 Å². The molecular formula is C11H19N3O2S. The van der Waals surface area contributed by atoms with Gasteiger partial charge in [-0.2, -0.15) is 12.7 Å². The van der Waals surface area contributed by atoms with E-state index in [0.717, 1.165) is 6.42 Å². The molecule has 0 heterocycles. The summed E-state index contributed by atoms with van der Waals surface area (Å²) in [6, 6.07) is 6.97. The van der Waals surface area contributed by atoms with Gasteiger partial charge in [0.05, 0.1) is 11.4 Å². The maximum Gasteiger partial charge on any atom is 0.303 e. The van der Waals surface area contributed by atoms with Gasteiger partial charge in [-0.1, -0.05) is 19.1 Å². The van der Waals surface area contributed by atoms with Gasteiger partial charge in [0.25, 0.3) is 0 Å². The first-order valence-corrected chi connectivity index (χ1v) is 6.85. The van der Waals surface area contributed by atoms with E-state index in [1.54, 1.807) is 24.3 Å². The molecule has 0 aliphatic heterocycles. The van der Waals surface area contributed by atoms with Crippen molar-refractivity contribution in [3.05, 3.63) is 24.3 Å². The van der Waals surface area contributed by atoms with Gasteiger partial charge in [-0.25, -0.2) is 0 Å². The molecule has 0 atom stereocenters. The van der Waals surface area contributed by atoms with Crippen molar-refractivity contribution in [2.75, 3.05) is 30.7 Å². The third-order valence-corrected chi connectivity index (χ3v) is 4.23. The lowest BCUT2D eigenvalue weighted by molar-refractivity contribution is 0.515. The zero-order chi connectivity index (χ0) is 13.1. The molecule has 0 aliphatic rings. The van der Waals surface area contributed by atoms with E-state index in [0.29, 0.717) is 17.9 Å². The summed E-state index contributed by atoms with van der Waals surface area (Å²) in [4.78, 5) is 0. The molecule has 2 N–H and O–H groups in total. The van der Waals surface area contributed by atoms with Gasteiger partial charge in [0.2, 0.25) is 0 Å². The molecule has 5 nitrogen and oxygen atoms in total. The van der Waals surface area contributed by atoms with E-state index in [9.17, 15) is 8.42 Å². The summed E-state index contributed by atoms with van der Waals surface area (Å²) in [5.41, 5.74) is 6.82. The van der Waals surface area contributed by atoms with E-state index in [1.165, 1.54) is 22.7 Å². The lowest BCUT2D eigenvalue weighted by atomic mass is 10.2. The minimum absolute atomic E-state index is 0.411. The van der Waals surface area contributed by atoms with Crippen LogP contribution in [0.15, 0.2) is 24.3 Å². The van der Waals surface area contributed by atoms with Crippen LogP contribution in [0.25, 0.3) is 0 Å². The van der Waals surface area contributed by atoms with Crippen LogP contribution in [0, 0.1) is 0 Å². The zero-order valence-corrected chi connectivity index (χ0v) is 11.2. The fraction of sp³-hybridized carbons (Fsp3) is 0.455. The topological polar surface area (TPSA) is 66.6 Å². The van der Waals surface area contributed by atoms with Crippen LogP contribution in [0.2, 0.25) is 0 Å². The summed E-state index contributed by atoms with van der Waals surface area (Å²) in [7, 11) is -0.468. The number of para-hydroxylation sites is 2. The van der Waals surface area contributed by atoms with Crippen LogP contribution in [-0.4, -0.2) is 33.4 Å². The van der Waals surface area contributed by atoms with Crippen molar-refractivity contribution >= 4 is 21.6 Å².